The molecule has 106 valence electrons. The van der Waals surface area contributed by atoms with E-state index in [0.717, 1.165) is 27.6 Å². The highest BCUT2D eigenvalue weighted by Gasteiger charge is 2.20. The van der Waals surface area contributed by atoms with Gasteiger partial charge < -0.3 is 0 Å². The fourth-order valence-corrected chi connectivity index (χ4v) is 3.31. The van der Waals surface area contributed by atoms with E-state index in [4.69, 9.17) is 0 Å². The van der Waals surface area contributed by atoms with Gasteiger partial charge in [0.25, 0.3) is 0 Å². The first kappa shape index (κ1) is 13.7. The van der Waals surface area contributed by atoms with Gasteiger partial charge in [-0.3, -0.25) is 14.7 Å². The second-order valence-electron chi connectivity index (χ2n) is 4.88. The molecule has 3 aromatic heterocycles. The van der Waals surface area contributed by atoms with Crippen LogP contribution in [0, 0.1) is 25.2 Å². The van der Waals surface area contributed by atoms with Crippen LogP contribution in [0.1, 0.15) is 28.7 Å². The van der Waals surface area contributed by atoms with E-state index in [1.807, 2.05) is 26.0 Å². The largest absolute Gasteiger partial charge is 0.293 e. The summed E-state index contributed by atoms with van der Waals surface area (Å²) in [5, 5.41) is 14.9. The van der Waals surface area contributed by atoms with Crippen molar-refractivity contribution in [2.75, 3.05) is 0 Å². The Kier molecular flexibility index (Phi) is 3.69. The number of nitrogens with zero attached hydrogens (tertiary/aromatic N) is 4. The van der Waals surface area contributed by atoms with Gasteiger partial charge in [0.1, 0.15) is 6.04 Å². The van der Waals surface area contributed by atoms with E-state index in [9.17, 15) is 5.26 Å². The number of hydrogen-bond donors (Lipinski definition) is 1. The van der Waals surface area contributed by atoms with Gasteiger partial charge >= 0.3 is 0 Å². The highest BCUT2D eigenvalue weighted by Crippen LogP contribution is 2.25. The highest BCUT2D eigenvalue weighted by atomic mass is 32.1. The first-order valence-corrected chi connectivity index (χ1v) is 7.53. The van der Waals surface area contributed by atoms with Gasteiger partial charge in [0.05, 0.1) is 17.5 Å². The Labute approximate surface area is 126 Å². The summed E-state index contributed by atoms with van der Waals surface area (Å²) in [7, 11) is 0. The molecule has 0 aromatic carbocycles. The van der Waals surface area contributed by atoms with Crippen LogP contribution in [0.4, 0.5) is 0 Å². The minimum atomic E-state index is -0.395. The maximum atomic E-state index is 9.52. The quantitative estimate of drug-likeness (QED) is 0.804. The van der Waals surface area contributed by atoms with Crippen LogP contribution in [0.25, 0.3) is 4.96 Å². The minimum Gasteiger partial charge on any atom is -0.293 e. The number of nitriles is 1. The van der Waals surface area contributed by atoms with Crippen LogP contribution in [-0.4, -0.2) is 14.4 Å². The Hall–Kier alpha value is -2.23. The summed E-state index contributed by atoms with van der Waals surface area (Å²) >= 11 is 1.60. The summed E-state index contributed by atoms with van der Waals surface area (Å²) < 4.78 is 2.06. The number of thiazole rings is 1. The Morgan fingerprint density at radius 1 is 1.48 bits per heavy atom. The highest BCUT2D eigenvalue weighted by molar-refractivity contribution is 7.15. The normalized spacial score (nSPS) is 12.4. The average Bonchev–Trinajstić information content (AvgIpc) is 3.01. The van der Waals surface area contributed by atoms with E-state index in [1.165, 1.54) is 0 Å². The third-order valence-corrected chi connectivity index (χ3v) is 4.33. The van der Waals surface area contributed by atoms with E-state index >= 15 is 0 Å². The first-order valence-electron chi connectivity index (χ1n) is 6.65. The third-order valence-electron chi connectivity index (χ3n) is 3.39. The summed E-state index contributed by atoms with van der Waals surface area (Å²) in [6.07, 6.45) is 3.54. The molecule has 0 bridgehead atoms. The van der Waals surface area contributed by atoms with Gasteiger partial charge in [-0.15, -0.1) is 11.3 Å². The smallest absolute Gasteiger partial charge is 0.194 e. The molecule has 0 aliphatic rings. The Balaban J connectivity index is 1.90. The summed E-state index contributed by atoms with van der Waals surface area (Å²) in [6, 6.07) is 5.82. The van der Waals surface area contributed by atoms with Crippen molar-refractivity contribution in [2.24, 2.45) is 0 Å². The topological polar surface area (TPSA) is 66.0 Å². The van der Waals surface area contributed by atoms with Crippen molar-refractivity contribution in [3.05, 3.63) is 52.6 Å². The Morgan fingerprint density at radius 2 is 2.33 bits per heavy atom. The van der Waals surface area contributed by atoms with Gasteiger partial charge in [-0.25, -0.2) is 4.98 Å². The average molecular weight is 297 g/mol. The van der Waals surface area contributed by atoms with E-state index in [0.29, 0.717) is 6.54 Å². The summed E-state index contributed by atoms with van der Waals surface area (Å²) in [6.45, 7) is 4.58. The lowest BCUT2D eigenvalue weighted by Crippen LogP contribution is -2.21. The molecule has 0 amide bonds. The lowest BCUT2D eigenvalue weighted by molar-refractivity contribution is 0.607. The Morgan fingerprint density at radius 3 is 3.05 bits per heavy atom. The molecule has 3 rings (SSSR count). The van der Waals surface area contributed by atoms with Crippen molar-refractivity contribution in [1.82, 2.24) is 19.7 Å². The van der Waals surface area contributed by atoms with Crippen LogP contribution in [0.2, 0.25) is 0 Å². The van der Waals surface area contributed by atoms with Crippen molar-refractivity contribution < 1.29 is 0 Å². The Bertz CT molecular complexity index is 797. The zero-order valence-electron chi connectivity index (χ0n) is 11.9. The maximum Gasteiger partial charge on any atom is 0.194 e. The standard InChI is InChI=1S/C15H15N5S/c1-10-9-21-15-19-11(2)14(20(10)15)13(6-16)18-8-12-4-3-5-17-7-12/h3-5,7,9,13,18H,8H2,1-2H3. The van der Waals surface area contributed by atoms with Crippen molar-refractivity contribution in [2.45, 2.75) is 26.4 Å². The molecule has 0 spiro atoms. The number of nitrogens with one attached hydrogen (secondary N) is 1. The van der Waals surface area contributed by atoms with Gasteiger partial charge in [-0.1, -0.05) is 6.07 Å². The molecule has 1 N–H and O–H groups in total. The van der Waals surface area contributed by atoms with Crippen molar-refractivity contribution >= 4 is 16.3 Å². The molecule has 0 aliphatic heterocycles. The summed E-state index contributed by atoms with van der Waals surface area (Å²) in [5.41, 5.74) is 3.98. The molecular weight excluding hydrogens is 282 g/mol. The number of rotatable bonds is 4. The third kappa shape index (κ3) is 2.53. The zero-order valence-corrected chi connectivity index (χ0v) is 12.7. The molecule has 1 atom stereocenters. The molecular formula is C15H15N5S. The molecule has 5 nitrogen and oxygen atoms in total. The monoisotopic (exact) mass is 297 g/mol. The molecule has 1 unspecified atom stereocenters. The lowest BCUT2D eigenvalue weighted by atomic mass is 10.1. The second kappa shape index (κ2) is 5.64. The van der Waals surface area contributed by atoms with Crippen molar-refractivity contribution in [3.8, 4) is 6.07 Å². The summed E-state index contributed by atoms with van der Waals surface area (Å²) in [4.78, 5) is 9.56. The fraction of sp³-hybridized carbons (Fsp3) is 0.267. The van der Waals surface area contributed by atoms with E-state index in [1.54, 1.807) is 23.7 Å². The number of imidazole rings is 1. The molecule has 3 aromatic rings. The van der Waals surface area contributed by atoms with E-state index in [-0.39, 0.29) is 0 Å². The number of pyridine rings is 1. The van der Waals surface area contributed by atoms with Crippen LogP contribution in [0.15, 0.2) is 29.9 Å². The van der Waals surface area contributed by atoms with Crippen LogP contribution < -0.4 is 5.32 Å². The van der Waals surface area contributed by atoms with Crippen LogP contribution in [-0.2, 0) is 6.54 Å². The molecule has 21 heavy (non-hydrogen) atoms. The maximum absolute atomic E-state index is 9.52. The minimum absolute atomic E-state index is 0.395. The predicted molar refractivity (Wildman–Crippen MR) is 82.0 cm³/mol. The van der Waals surface area contributed by atoms with Crippen molar-refractivity contribution in [3.63, 3.8) is 0 Å². The number of fused-ring (bicyclic) bond motifs is 1. The van der Waals surface area contributed by atoms with Gasteiger partial charge in [0.15, 0.2) is 4.96 Å². The van der Waals surface area contributed by atoms with E-state index < -0.39 is 6.04 Å². The van der Waals surface area contributed by atoms with Gasteiger partial charge in [0, 0.05) is 30.0 Å². The zero-order chi connectivity index (χ0) is 14.8. The number of hydrogen-bond acceptors (Lipinski definition) is 5. The second-order valence-corrected chi connectivity index (χ2v) is 5.72. The van der Waals surface area contributed by atoms with Gasteiger partial charge in [-0.05, 0) is 25.5 Å². The molecule has 3 heterocycles. The van der Waals surface area contributed by atoms with Crippen LogP contribution >= 0.6 is 11.3 Å². The molecule has 6 heteroatoms. The fourth-order valence-electron chi connectivity index (χ4n) is 2.39. The number of aromatic nitrogens is 3. The molecule has 0 saturated carbocycles. The molecule has 0 fully saturated rings. The molecule has 0 saturated heterocycles. The first-order chi connectivity index (χ1) is 10.2. The predicted octanol–water partition coefficient (Wildman–Crippen LogP) is 2.76. The number of aryl methyl sites for hydroxylation is 2. The van der Waals surface area contributed by atoms with Crippen LogP contribution in [0.3, 0.4) is 0 Å². The molecule has 0 radical (unpaired) electrons. The summed E-state index contributed by atoms with van der Waals surface area (Å²) in [5.74, 6) is 0. The lowest BCUT2D eigenvalue weighted by Gasteiger charge is -2.12. The van der Waals surface area contributed by atoms with Gasteiger partial charge in [0.2, 0.25) is 0 Å². The van der Waals surface area contributed by atoms with Gasteiger partial charge in [-0.2, -0.15) is 5.26 Å². The van der Waals surface area contributed by atoms with Crippen LogP contribution in [0.5, 0.6) is 0 Å². The SMILES string of the molecule is Cc1nc2scc(C)n2c1C(C#N)NCc1cccnc1. The molecule has 0 aliphatic carbocycles. The van der Waals surface area contributed by atoms with E-state index in [2.05, 4.69) is 31.1 Å². The van der Waals surface area contributed by atoms with Crippen molar-refractivity contribution in [1.29, 1.82) is 5.26 Å².